The van der Waals surface area contributed by atoms with Gasteiger partial charge in [-0.15, -0.1) is 0 Å². The Hall–Kier alpha value is -3.92. The van der Waals surface area contributed by atoms with E-state index in [-0.39, 0.29) is 5.91 Å². The third kappa shape index (κ3) is 5.66. The number of anilines is 2. The van der Waals surface area contributed by atoms with Crippen LogP contribution in [0.5, 0.6) is 0 Å². The zero-order valence-electron chi connectivity index (χ0n) is 19.4. The van der Waals surface area contributed by atoms with E-state index in [4.69, 9.17) is 4.98 Å². The van der Waals surface area contributed by atoms with Crippen LogP contribution in [0.15, 0.2) is 91.0 Å². The molecule has 4 nitrogen and oxygen atoms in total. The minimum atomic E-state index is -0.124. The first-order chi connectivity index (χ1) is 16.0. The van der Waals surface area contributed by atoms with Gasteiger partial charge in [-0.2, -0.15) is 0 Å². The number of rotatable bonds is 7. The first kappa shape index (κ1) is 22.3. The Bertz CT molecular complexity index is 1190. The number of amides is 1. The normalized spacial score (nSPS) is 10.6. The van der Waals surface area contributed by atoms with E-state index in [1.165, 1.54) is 16.7 Å². The van der Waals surface area contributed by atoms with E-state index in [1.807, 2.05) is 63.2 Å². The van der Waals surface area contributed by atoms with Gasteiger partial charge in [-0.25, -0.2) is 4.98 Å². The van der Waals surface area contributed by atoms with Gasteiger partial charge in [0.1, 0.15) is 5.82 Å². The molecule has 166 valence electrons. The zero-order valence-corrected chi connectivity index (χ0v) is 19.4. The van der Waals surface area contributed by atoms with Crippen molar-refractivity contribution in [2.24, 2.45) is 0 Å². The molecular weight excluding hydrogens is 406 g/mol. The first-order valence-corrected chi connectivity index (χ1v) is 11.2. The summed E-state index contributed by atoms with van der Waals surface area (Å²) in [6.45, 7) is 7.48. The number of nitrogens with zero attached hydrogens (tertiary/aromatic N) is 2. The topological polar surface area (TPSA) is 45.2 Å². The highest BCUT2D eigenvalue weighted by Crippen LogP contribution is 2.23. The molecule has 0 radical (unpaired) electrons. The Labute approximate surface area is 195 Å². The van der Waals surface area contributed by atoms with Crippen molar-refractivity contribution in [1.82, 2.24) is 4.98 Å². The summed E-state index contributed by atoms with van der Waals surface area (Å²) in [5.41, 5.74) is 6.88. The number of carbonyl (C=O) groups excluding carboxylic acids is 1. The van der Waals surface area contributed by atoms with Crippen LogP contribution in [-0.2, 0) is 13.1 Å². The average molecular weight is 436 g/mol. The van der Waals surface area contributed by atoms with Gasteiger partial charge in [0.25, 0.3) is 5.91 Å². The number of pyridine rings is 1. The van der Waals surface area contributed by atoms with Gasteiger partial charge < -0.3 is 10.2 Å². The Morgan fingerprint density at radius 2 is 1.36 bits per heavy atom. The van der Waals surface area contributed by atoms with E-state index in [0.717, 1.165) is 35.9 Å². The van der Waals surface area contributed by atoms with Crippen molar-refractivity contribution in [3.8, 4) is 0 Å². The minimum Gasteiger partial charge on any atom is -0.348 e. The highest BCUT2D eigenvalue weighted by molar-refractivity contribution is 6.04. The van der Waals surface area contributed by atoms with E-state index >= 15 is 0 Å². The van der Waals surface area contributed by atoms with Gasteiger partial charge in [0, 0.05) is 18.7 Å². The molecule has 4 aromatic rings. The summed E-state index contributed by atoms with van der Waals surface area (Å²) >= 11 is 0. The van der Waals surface area contributed by atoms with Gasteiger partial charge in [-0.1, -0.05) is 66.7 Å². The van der Waals surface area contributed by atoms with Crippen molar-refractivity contribution in [1.29, 1.82) is 0 Å². The molecule has 0 aliphatic rings. The summed E-state index contributed by atoms with van der Waals surface area (Å²) in [6, 6.07) is 30.5. The number of hydrogen-bond acceptors (Lipinski definition) is 3. The van der Waals surface area contributed by atoms with Crippen LogP contribution in [0.4, 0.5) is 11.5 Å². The first-order valence-electron chi connectivity index (χ1n) is 11.2. The quantitative estimate of drug-likeness (QED) is 0.362. The minimum absolute atomic E-state index is 0.124. The lowest BCUT2D eigenvalue weighted by Gasteiger charge is -2.25. The average Bonchev–Trinajstić information content (AvgIpc) is 2.83. The van der Waals surface area contributed by atoms with Gasteiger partial charge in [0.15, 0.2) is 0 Å². The molecule has 0 spiro atoms. The van der Waals surface area contributed by atoms with E-state index in [0.29, 0.717) is 5.56 Å². The summed E-state index contributed by atoms with van der Waals surface area (Å²) in [7, 11) is 0. The monoisotopic (exact) mass is 435 g/mol. The fraction of sp³-hybridized carbons (Fsp3) is 0.172. The summed E-state index contributed by atoms with van der Waals surface area (Å²) < 4.78 is 0. The maximum atomic E-state index is 12.8. The third-order valence-corrected chi connectivity index (χ3v) is 5.84. The van der Waals surface area contributed by atoms with Crippen LogP contribution >= 0.6 is 0 Å². The second kappa shape index (κ2) is 10.1. The number of benzene rings is 3. The number of carbonyl (C=O) groups is 1. The van der Waals surface area contributed by atoms with E-state index in [2.05, 4.69) is 58.7 Å². The molecule has 4 heteroatoms. The second-order valence-electron chi connectivity index (χ2n) is 8.38. The SMILES string of the molecule is Cc1ccc(C(=O)Nc2ccc(N(Cc3ccccc3)Cc3ccccc3)nc2C)cc1C. The predicted octanol–water partition coefficient (Wildman–Crippen LogP) is 6.47. The zero-order chi connectivity index (χ0) is 23.2. The molecule has 1 N–H and O–H groups in total. The van der Waals surface area contributed by atoms with Crippen LogP contribution in [0.3, 0.4) is 0 Å². The molecule has 0 saturated carbocycles. The number of aromatic nitrogens is 1. The number of aryl methyl sites for hydroxylation is 3. The summed E-state index contributed by atoms with van der Waals surface area (Å²) in [5, 5.41) is 3.02. The fourth-order valence-electron chi connectivity index (χ4n) is 3.76. The Balaban J connectivity index is 1.57. The standard InChI is InChI=1S/C29H29N3O/c1-21-14-15-26(18-22(21)2)29(33)31-27-16-17-28(30-23(27)3)32(19-24-10-6-4-7-11-24)20-25-12-8-5-9-13-25/h4-18H,19-20H2,1-3H3,(H,31,33). The van der Waals surface area contributed by atoms with Crippen molar-refractivity contribution in [2.45, 2.75) is 33.9 Å². The van der Waals surface area contributed by atoms with Crippen molar-refractivity contribution in [2.75, 3.05) is 10.2 Å². The van der Waals surface area contributed by atoms with Gasteiger partial charge in [0.05, 0.1) is 11.4 Å². The lowest BCUT2D eigenvalue weighted by Crippen LogP contribution is -2.23. The lowest BCUT2D eigenvalue weighted by molar-refractivity contribution is 0.102. The molecule has 0 bridgehead atoms. The third-order valence-electron chi connectivity index (χ3n) is 5.84. The molecule has 33 heavy (non-hydrogen) atoms. The van der Waals surface area contributed by atoms with Crippen LogP contribution in [-0.4, -0.2) is 10.9 Å². The fourth-order valence-corrected chi connectivity index (χ4v) is 3.76. The van der Waals surface area contributed by atoms with E-state index in [1.54, 1.807) is 0 Å². The Morgan fingerprint density at radius 3 is 1.91 bits per heavy atom. The van der Waals surface area contributed by atoms with Gasteiger partial charge >= 0.3 is 0 Å². The van der Waals surface area contributed by atoms with Crippen molar-refractivity contribution in [3.63, 3.8) is 0 Å². The summed E-state index contributed by atoms with van der Waals surface area (Å²) in [5.74, 6) is 0.755. The second-order valence-corrected chi connectivity index (χ2v) is 8.38. The maximum absolute atomic E-state index is 12.8. The van der Waals surface area contributed by atoms with Crippen LogP contribution < -0.4 is 10.2 Å². The molecule has 1 heterocycles. The summed E-state index contributed by atoms with van der Waals surface area (Å²) in [4.78, 5) is 19.9. The highest BCUT2D eigenvalue weighted by atomic mass is 16.1. The summed E-state index contributed by atoms with van der Waals surface area (Å²) in [6.07, 6.45) is 0. The van der Waals surface area contributed by atoms with Crippen molar-refractivity contribution < 1.29 is 4.79 Å². The molecule has 1 amide bonds. The molecule has 0 unspecified atom stereocenters. The number of nitrogens with one attached hydrogen (secondary N) is 1. The maximum Gasteiger partial charge on any atom is 0.255 e. The largest absolute Gasteiger partial charge is 0.348 e. The van der Waals surface area contributed by atoms with Gasteiger partial charge in [-0.3, -0.25) is 4.79 Å². The molecule has 4 rings (SSSR count). The molecular formula is C29H29N3O. The molecule has 0 atom stereocenters. The lowest BCUT2D eigenvalue weighted by atomic mass is 10.1. The Morgan fingerprint density at radius 1 is 0.758 bits per heavy atom. The van der Waals surface area contributed by atoms with Crippen molar-refractivity contribution in [3.05, 3.63) is 125 Å². The molecule has 0 aliphatic carbocycles. The molecule has 0 saturated heterocycles. The molecule has 0 fully saturated rings. The molecule has 0 aliphatic heterocycles. The highest BCUT2D eigenvalue weighted by Gasteiger charge is 2.14. The van der Waals surface area contributed by atoms with Crippen LogP contribution in [0.1, 0.15) is 38.3 Å². The molecule has 1 aromatic heterocycles. The van der Waals surface area contributed by atoms with Crippen LogP contribution in [0, 0.1) is 20.8 Å². The molecule has 3 aromatic carbocycles. The van der Waals surface area contributed by atoms with E-state index < -0.39 is 0 Å². The smallest absolute Gasteiger partial charge is 0.255 e. The van der Waals surface area contributed by atoms with Crippen LogP contribution in [0.2, 0.25) is 0 Å². The van der Waals surface area contributed by atoms with Gasteiger partial charge in [-0.05, 0) is 67.3 Å². The van der Waals surface area contributed by atoms with Gasteiger partial charge in [0.2, 0.25) is 0 Å². The van der Waals surface area contributed by atoms with E-state index in [9.17, 15) is 4.79 Å². The number of hydrogen-bond donors (Lipinski definition) is 1. The van der Waals surface area contributed by atoms with Crippen molar-refractivity contribution >= 4 is 17.4 Å². The Kier molecular flexibility index (Phi) is 6.84. The predicted molar refractivity (Wildman–Crippen MR) is 136 cm³/mol. The van der Waals surface area contributed by atoms with Crippen LogP contribution in [0.25, 0.3) is 0 Å².